The van der Waals surface area contributed by atoms with Gasteiger partial charge in [0.15, 0.2) is 0 Å². The molecule has 2 saturated heterocycles. The Kier molecular flexibility index (Phi) is 7.73. The van der Waals surface area contributed by atoms with E-state index in [1.807, 2.05) is 6.07 Å². The predicted molar refractivity (Wildman–Crippen MR) is 136 cm³/mol. The topological polar surface area (TPSA) is 85.3 Å². The van der Waals surface area contributed by atoms with Crippen LogP contribution in [0.4, 0.5) is 8.78 Å². The van der Waals surface area contributed by atoms with Gasteiger partial charge in [0.25, 0.3) is 5.91 Å². The van der Waals surface area contributed by atoms with Gasteiger partial charge in [0.05, 0.1) is 22.3 Å². The van der Waals surface area contributed by atoms with Crippen LogP contribution >= 0.6 is 11.6 Å². The van der Waals surface area contributed by atoms with Gasteiger partial charge in [0, 0.05) is 49.5 Å². The lowest BCUT2D eigenvalue weighted by Crippen LogP contribution is -2.48. The molecule has 2 heterocycles. The quantitative estimate of drug-likeness (QED) is 0.528. The molecule has 2 aliphatic rings. The first-order valence-corrected chi connectivity index (χ1v) is 12.4. The van der Waals surface area contributed by atoms with Gasteiger partial charge in [0.1, 0.15) is 11.6 Å². The third-order valence-corrected chi connectivity index (χ3v) is 7.26. The Morgan fingerprint density at radius 2 is 1.94 bits per heavy atom. The van der Waals surface area contributed by atoms with Crippen LogP contribution < -0.4 is 10.6 Å². The number of likely N-dealkylation sites (tertiary alicyclic amines) is 1. The number of rotatable bonds is 6. The van der Waals surface area contributed by atoms with Gasteiger partial charge in [-0.3, -0.25) is 9.59 Å². The van der Waals surface area contributed by atoms with Gasteiger partial charge in [-0.05, 0) is 61.9 Å². The van der Waals surface area contributed by atoms with Crippen molar-refractivity contribution >= 4 is 34.8 Å². The van der Waals surface area contributed by atoms with Crippen LogP contribution in [0.5, 0.6) is 0 Å². The summed E-state index contributed by atoms with van der Waals surface area (Å²) in [6.07, 6.45) is 2.52. The van der Waals surface area contributed by atoms with Gasteiger partial charge >= 0.3 is 0 Å². The lowest BCUT2D eigenvalue weighted by atomic mass is 9.90. The van der Waals surface area contributed by atoms with E-state index in [1.54, 1.807) is 31.0 Å². The fourth-order valence-corrected chi connectivity index (χ4v) is 5.24. The van der Waals surface area contributed by atoms with Crippen molar-refractivity contribution in [2.75, 3.05) is 20.1 Å². The predicted octanol–water partition coefficient (Wildman–Crippen LogP) is 4.57. The number of aryl methyl sites for hydroxylation is 1. The molecule has 0 saturated carbocycles. The van der Waals surface area contributed by atoms with E-state index in [1.165, 1.54) is 12.1 Å². The Balaban J connectivity index is 1.49. The number of piperidine rings is 1. The molecule has 9 heteroatoms. The van der Waals surface area contributed by atoms with Crippen molar-refractivity contribution in [3.05, 3.63) is 75.3 Å². The fourth-order valence-electron chi connectivity index (χ4n) is 4.96. The Bertz CT molecular complexity index is 1230. The minimum Gasteiger partial charge on any atom is -0.387 e. The van der Waals surface area contributed by atoms with Gasteiger partial charge in [-0.15, -0.1) is 0 Å². The molecule has 0 bridgehead atoms. The summed E-state index contributed by atoms with van der Waals surface area (Å²) in [5, 5.41) is 14.9. The molecule has 0 aliphatic carbocycles. The number of benzene rings is 2. The van der Waals surface area contributed by atoms with Crippen LogP contribution in [0.3, 0.4) is 0 Å². The summed E-state index contributed by atoms with van der Waals surface area (Å²) < 4.78 is 27.6. The molecular weight excluding hydrogens is 486 g/mol. The van der Waals surface area contributed by atoms with Gasteiger partial charge in [-0.25, -0.2) is 8.78 Å². The van der Waals surface area contributed by atoms with Crippen molar-refractivity contribution in [1.29, 1.82) is 5.41 Å². The van der Waals surface area contributed by atoms with E-state index in [2.05, 4.69) is 10.6 Å². The van der Waals surface area contributed by atoms with E-state index >= 15 is 0 Å². The van der Waals surface area contributed by atoms with Gasteiger partial charge in [-0.2, -0.15) is 0 Å². The molecule has 2 atom stereocenters. The highest BCUT2D eigenvalue weighted by molar-refractivity contribution is 6.34. The van der Waals surface area contributed by atoms with E-state index < -0.39 is 17.7 Å². The van der Waals surface area contributed by atoms with Crippen molar-refractivity contribution in [1.82, 2.24) is 15.5 Å². The number of amides is 2. The van der Waals surface area contributed by atoms with Crippen LogP contribution in [0.15, 0.2) is 42.0 Å². The van der Waals surface area contributed by atoms with Gasteiger partial charge < -0.3 is 20.9 Å². The molecule has 4 rings (SSSR count). The summed E-state index contributed by atoms with van der Waals surface area (Å²) in [6, 6.07) is 8.09. The summed E-state index contributed by atoms with van der Waals surface area (Å²) in [5.74, 6) is -1.26. The third-order valence-electron chi connectivity index (χ3n) is 6.94. The number of hydrogen-bond donors (Lipinski definition) is 3. The standard InChI is InChI=1S/C27H29ClF2N4O2/c1-15-25(31)22(26(32-2)18-11-19(29)13-20(30)12-18)7-8-34(15)27(36)21-6-5-16(9-23(21)28)3-4-17-10-24(35)33-14-17/h5-6,9,11-13,15,17,31-32H,3-4,7-8,10,14H2,1-2H3,(H,33,35)/b26-22-,31-25?. The summed E-state index contributed by atoms with van der Waals surface area (Å²) >= 11 is 6.50. The zero-order valence-electron chi connectivity index (χ0n) is 20.3. The normalized spacial score (nSPS) is 21.4. The smallest absolute Gasteiger partial charge is 0.255 e. The Hall–Kier alpha value is -3.26. The number of nitrogens with zero attached hydrogens (tertiary/aromatic N) is 1. The molecule has 36 heavy (non-hydrogen) atoms. The summed E-state index contributed by atoms with van der Waals surface area (Å²) in [4.78, 5) is 26.4. The van der Waals surface area contributed by atoms with Crippen LogP contribution in [-0.2, 0) is 11.2 Å². The van der Waals surface area contributed by atoms with E-state index in [-0.39, 0.29) is 17.5 Å². The first-order valence-electron chi connectivity index (χ1n) is 12.0. The molecule has 2 amide bonds. The lowest BCUT2D eigenvalue weighted by molar-refractivity contribution is -0.119. The number of halogens is 3. The van der Waals surface area contributed by atoms with Crippen LogP contribution in [-0.4, -0.2) is 48.6 Å². The minimum atomic E-state index is -0.697. The molecule has 190 valence electrons. The van der Waals surface area contributed by atoms with E-state index in [0.717, 1.165) is 24.5 Å². The van der Waals surface area contributed by atoms with Crippen LogP contribution in [0.25, 0.3) is 5.70 Å². The maximum Gasteiger partial charge on any atom is 0.255 e. The second kappa shape index (κ2) is 10.8. The summed E-state index contributed by atoms with van der Waals surface area (Å²) in [7, 11) is 1.64. The molecule has 6 nitrogen and oxygen atoms in total. The second-order valence-electron chi connectivity index (χ2n) is 9.33. The van der Waals surface area contributed by atoms with Crippen molar-refractivity contribution in [2.24, 2.45) is 5.92 Å². The maximum atomic E-state index is 13.8. The van der Waals surface area contributed by atoms with Crippen LogP contribution in [0.1, 0.15) is 47.7 Å². The Morgan fingerprint density at radius 3 is 2.56 bits per heavy atom. The fraction of sp³-hybridized carbons (Fsp3) is 0.370. The van der Waals surface area contributed by atoms with Gasteiger partial charge in [-0.1, -0.05) is 17.7 Å². The third kappa shape index (κ3) is 5.43. The molecule has 3 N–H and O–H groups in total. The van der Waals surface area contributed by atoms with Crippen molar-refractivity contribution in [3.8, 4) is 0 Å². The Morgan fingerprint density at radius 1 is 1.22 bits per heavy atom. The van der Waals surface area contributed by atoms with Gasteiger partial charge in [0.2, 0.25) is 5.91 Å². The molecule has 0 aromatic heterocycles. The first kappa shape index (κ1) is 25.8. The summed E-state index contributed by atoms with van der Waals surface area (Å²) in [6.45, 7) is 2.79. The number of hydrogen-bond acceptors (Lipinski definition) is 4. The monoisotopic (exact) mass is 514 g/mol. The molecular formula is C27H29ClF2N4O2. The lowest BCUT2D eigenvalue weighted by Gasteiger charge is -2.36. The van der Waals surface area contributed by atoms with E-state index in [9.17, 15) is 18.4 Å². The molecule has 2 fully saturated rings. The average molecular weight is 515 g/mol. The average Bonchev–Trinajstić information content (AvgIpc) is 3.25. The van der Waals surface area contributed by atoms with E-state index in [4.69, 9.17) is 17.0 Å². The number of carbonyl (C=O) groups is 2. The molecule has 0 radical (unpaired) electrons. The number of carbonyl (C=O) groups excluding carboxylic acids is 2. The molecule has 2 unspecified atom stereocenters. The molecule has 2 aromatic rings. The molecule has 0 spiro atoms. The zero-order chi connectivity index (χ0) is 26.0. The van der Waals surface area contributed by atoms with Crippen molar-refractivity contribution in [2.45, 2.75) is 38.6 Å². The second-order valence-corrected chi connectivity index (χ2v) is 9.73. The maximum absolute atomic E-state index is 13.8. The number of nitrogens with one attached hydrogen (secondary N) is 3. The Labute approximate surface area is 214 Å². The van der Waals surface area contributed by atoms with Crippen molar-refractivity contribution < 1.29 is 18.4 Å². The van der Waals surface area contributed by atoms with E-state index in [0.29, 0.717) is 59.3 Å². The molecule has 2 aliphatic heterocycles. The summed E-state index contributed by atoms with van der Waals surface area (Å²) in [5.41, 5.74) is 2.97. The first-order chi connectivity index (χ1) is 17.2. The largest absolute Gasteiger partial charge is 0.387 e. The molecule has 2 aromatic carbocycles. The highest BCUT2D eigenvalue weighted by Gasteiger charge is 2.33. The van der Waals surface area contributed by atoms with Crippen molar-refractivity contribution in [3.63, 3.8) is 0 Å². The van der Waals surface area contributed by atoms with Crippen LogP contribution in [0.2, 0.25) is 5.02 Å². The highest BCUT2D eigenvalue weighted by Crippen LogP contribution is 2.30. The SMILES string of the molecule is CN/C(=C1/CCN(C(=O)c2ccc(CCC3CNC(=O)C3)cc2Cl)C(C)C1=N)c1cc(F)cc(F)c1. The van der Waals surface area contributed by atoms with Crippen LogP contribution in [0, 0.1) is 23.0 Å². The minimum absolute atomic E-state index is 0.0862. The zero-order valence-corrected chi connectivity index (χ0v) is 21.0. The highest BCUT2D eigenvalue weighted by atomic mass is 35.5.